The molecule has 0 N–H and O–H groups in total. The van der Waals surface area contributed by atoms with E-state index in [1.54, 1.807) is 30.3 Å². The van der Waals surface area contributed by atoms with Gasteiger partial charge < -0.3 is 0 Å². The third-order valence-electron chi connectivity index (χ3n) is 2.15. The molecule has 4 nitrogen and oxygen atoms in total. The fourth-order valence-electron chi connectivity index (χ4n) is 1.07. The Morgan fingerprint density at radius 3 is 2.22 bits per heavy atom. The summed E-state index contributed by atoms with van der Waals surface area (Å²) in [4.78, 5) is 0. The van der Waals surface area contributed by atoms with E-state index in [1.165, 1.54) is 14.1 Å². The number of hydrogen-bond donors (Lipinski definition) is 0. The normalized spacial score (nSPS) is 13.6. The molecule has 0 unspecified atom stereocenters. The highest BCUT2D eigenvalue weighted by molar-refractivity contribution is 8.06. The van der Waals surface area contributed by atoms with Gasteiger partial charge in [0.15, 0.2) is 0 Å². The van der Waals surface area contributed by atoms with Crippen molar-refractivity contribution in [3.05, 3.63) is 30.3 Å². The zero-order chi connectivity index (χ0) is 14.0. The molecule has 0 aliphatic carbocycles. The third kappa shape index (κ3) is 3.97. The zero-order valence-corrected chi connectivity index (χ0v) is 12.7. The molecule has 0 saturated carbocycles. The van der Waals surface area contributed by atoms with E-state index in [4.69, 9.17) is 23.2 Å². The van der Waals surface area contributed by atoms with Gasteiger partial charge in [-0.25, -0.2) is 0 Å². The van der Waals surface area contributed by atoms with Crippen LogP contribution in [0.5, 0.6) is 0 Å². The van der Waals surface area contributed by atoms with Crippen LogP contribution in [-0.4, -0.2) is 26.4 Å². The second-order valence-electron chi connectivity index (χ2n) is 3.71. The molecule has 102 valence electrons. The van der Waals surface area contributed by atoms with Crippen molar-refractivity contribution in [2.75, 3.05) is 14.1 Å². The molecule has 1 rings (SSSR count). The SMILES string of the molecule is C[N+](C)(c1ccccc1)S(=O)(=O)OSC(F)(Cl)Cl. The lowest BCUT2D eigenvalue weighted by Crippen LogP contribution is -2.46. The summed E-state index contributed by atoms with van der Waals surface area (Å²) in [7, 11) is -1.39. The van der Waals surface area contributed by atoms with Gasteiger partial charge in [-0.3, -0.25) is 0 Å². The number of nitrogens with zero attached hydrogens (tertiary/aromatic N) is 1. The number of alkyl halides is 3. The van der Waals surface area contributed by atoms with Crippen LogP contribution in [0.4, 0.5) is 10.1 Å². The third-order valence-corrected chi connectivity index (χ3v) is 5.01. The molecule has 0 fully saturated rings. The van der Waals surface area contributed by atoms with Crippen molar-refractivity contribution in [3.8, 4) is 0 Å². The number of para-hydroxylation sites is 1. The number of hydrogen-bond acceptors (Lipinski definition) is 4. The smallest absolute Gasteiger partial charge is 0.193 e. The molecule has 0 aliphatic rings. The Labute approximate surface area is 120 Å². The van der Waals surface area contributed by atoms with Crippen molar-refractivity contribution in [3.63, 3.8) is 0 Å². The lowest BCUT2D eigenvalue weighted by molar-refractivity contribution is 0.429. The van der Waals surface area contributed by atoms with E-state index in [1.807, 2.05) is 0 Å². The standard InChI is InChI=1S/C9H11Cl2FNO3S2/c1-13(2,8-6-4-3-5-7-8)18(14,15)16-17-9(10,11)12/h3-7H,1-2H3/q+1. The van der Waals surface area contributed by atoms with E-state index in [2.05, 4.69) is 3.63 Å². The van der Waals surface area contributed by atoms with Crippen molar-refractivity contribution < 1.29 is 16.4 Å². The maximum absolute atomic E-state index is 12.8. The number of quaternary nitrogens is 1. The molecule has 0 heterocycles. The molecule has 0 bridgehead atoms. The largest absolute Gasteiger partial charge is 0.451 e. The van der Waals surface area contributed by atoms with E-state index in [0.717, 1.165) is 0 Å². The van der Waals surface area contributed by atoms with Crippen LogP contribution in [0.3, 0.4) is 0 Å². The fraction of sp³-hybridized carbons (Fsp3) is 0.333. The summed E-state index contributed by atoms with van der Waals surface area (Å²) >= 11 is 9.82. The van der Waals surface area contributed by atoms with E-state index >= 15 is 0 Å². The predicted molar refractivity (Wildman–Crippen MR) is 73.2 cm³/mol. The van der Waals surface area contributed by atoms with Gasteiger partial charge in [-0.05, 0) is 0 Å². The van der Waals surface area contributed by atoms with Gasteiger partial charge in [-0.1, -0.05) is 41.4 Å². The topological polar surface area (TPSA) is 43.4 Å². The maximum Gasteiger partial charge on any atom is 0.451 e. The van der Waals surface area contributed by atoms with E-state index in [9.17, 15) is 12.8 Å². The molecule has 0 spiro atoms. The molecular formula is C9H11Cl2FNO3S2+. The first-order chi connectivity index (χ1) is 8.06. The van der Waals surface area contributed by atoms with Gasteiger partial charge in [-0.15, -0.1) is 12.0 Å². The minimum atomic E-state index is -4.15. The van der Waals surface area contributed by atoms with Crippen LogP contribution in [0.15, 0.2) is 30.3 Å². The molecular weight excluding hydrogens is 324 g/mol. The summed E-state index contributed by atoms with van der Waals surface area (Å²) < 4.78 is 37.7. The molecule has 0 saturated heterocycles. The monoisotopic (exact) mass is 334 g/mol. The van der Waals surface area contributed by atoms with Gasteiger partial charge in [0.25, 0.3) is 0 Å². The Balaban J connectivity index is 2.97. The summed E-state index contributed by atoms with van der Waals surface area (Å²) in [6.07, 6.45) is 0. The predicted octanol–water partition coefficient (Wildman–Crippen LogP) is 3.22. The number of rotatable bonds is 5. The second kappa shape index (κ2) is 5.52. The van der Waals surface area contributed by atoms with E-state index < -0.39 is 18.1 Å². The molecule has 1 aromatic carbocycles. The molecule has 0 radical (unpaired) electrons. The van der Waals surface area contributed by atoms with Crippen LogP contribution >= 0.6 is 35.2 Å². The Kier molecular flexibility index (Phi) is 4.91. The first-order valence-electron chi connectivity index (χ1n) is 4.65. The lowest BCUT2D eigenvalue weighted by atomic mass is 10.3. The van der Waals surface area contributed by atoms with Gasteiger partial charge in [0.1, 0.15) is 5.69 Å². The number of halogens is 3. The molecule has 0 aliphatic heterocycles. The van der Waals surface area contributed by atoms with Crippen molar-refractivity contribution in [2.24, 2.45) is 0 Å². The Hall–Kier alpha value is -0.0500. The Morgan fingerprint density at radius 2 is 1.78 bits per heavy atom. The van der Waals surface area contributed by atoms with Crippen LogP contribution in [0.1, 0.15) is 0 Å². The highest BCUT2D eigenvalue weighted by Gasteiger charge is 2.40. The summed E-state index contributed by atoms with van der Waals surface area (Å²) in [5, 5.41) is 0. The average Bonchev–Trinajstić information content (AvgIpc) is 2.27. The number of benzene rings is 1. The van der Waals surface area contributed by atoms with Crippen LogP contribution < -0.4 is 3.89 Å². The first kappa shape index (κ1) is 16.0. The van der Waals surface area contributed by atoms with Crippen molar-refractivity contribution in [1.29, 1.82) is 0 Å². The van der Waals surface area contributed by atoms with E-state index in [-0.39, 0.29) is 12.0 Å². The van der Waals surface area contributed by atoms with Gasteiger partial charge in [0.05, 0.1) is 26.1 Å². The van der Waals surface area contributed by atoms with Gasteiger partial charge in [-0.2, -0.15) is 8.28 Å². The highest BCUT2D eigenvalue weighted by Crippen LogP contribution is 2.39. The van der Waals surface area contributed by atoms with Gasteiger partial charge in [0.2, 0.25) is 0 Å². The van der Waals surface area contributed by atoms with Crippen LogP contribution in [0, 0.1) is 0 Å². The summed E-state index contributed by atoms with van der Waals surface area (Å²) in [6, 6.07) is 8.32. The molecule has 0 atom stereocenters. The lowest BCUT2D eigenvalue weighted by Gasteiger charge is -2.26. The fourth-order valence-corrected chi connectivity index (χ4v) is 3.18. The minimum Gasteiger partial charge on any atom is -0.193 e. The highest BCUT2D eigenvalue weighted by atomic mass is 35.5. The molecule has 1 aromatic rings. The summed E-state index contributed by atoms with van der Waals surface area (Å²) in [6.45, 7) is 0. The van der Waals surface area contributed by atoms with Crippen molar-refractivity contribution in [2.45, 2.75) is 3.92 Å². The first-order valence-corrected chi connectivity index (χ1v) is 7.51. The quantitative estimate of drug-likeness (QED) is 0.471. The Bertz CT molecular complexity index is 502. The Morgan fingerprint density at radius 1 is 1.28 bits per heavy atom. The van der Waals surface area contributed by atoms with Gasteiger partial charge >= 0.3 is 14.2 Å². The van der Waals surface area contributed by atoms with Crippen LogP contribution in [0.2, 0.25) is 0 Å². The summed E-state index contributed by atoms with van der Waals surface area (Å²) in [5.41, 5.74) is 0.451. The van der Waals surface area contributed by atoms with Crippen molar-refractivity contribution >= 4 is 51.2 Å². The molecule has 0 amide bonds. The minimum absolute atomic E-state index is 0.177. The average molecular weight is 335 g/mol. The van der Waals surface area contributed by atoms with Crippen molar-refractivity contribution in [1.82, 2.24) is 3.89 Å². The molecule has 18 heavy (non-hydrogen) atoms. The molecule has 0 aromatic heterocycles. The second-order valence-corrected chi connectivity index (χ2v) is 8.44. The maximum atomic E-state index is 12.8. The van der Waals surface area contributed by atoms with Crippen LogP contribution in [0.25, 0.3) is 0 Å². The zero-order valence-electron chi connectivity index (χ0n) is 9.51. The molecule has 9 heteroatoms. The van der Waals surface area contributed by atoms with E-state index in [0.29, 0.717) is 5.69 Å². The summed E-state index contributed by atoms with van der Waals surface area (Å²) in [5.74, 6) is 0. The van der Waals surface area contributed by atoms with Crippen LogP contribution in [-0.2, 0) is 13.9 Å². The van der Waals surface area contributed by atoms with Gasteiger partial charge in [0, 0.05) is 12.1 Å².